The highest BCUT2D eigenvalue weighted by atomic mass is 127. The van der Waals surface area contributed by atoms with E-state index < -0.39 is 19.8 Å². The predicted molar refractivity (Wildman–Crippen MR) is 125 cm³/mol. The summed E-state index contributed by atoms with van der Waals surface area (Å²) in [6.07, 6.45) is 2.17. The molecule has 0 aliphatic rings. The lowest BCUT2D eigenvalue weighted by atomic mass is 10.2. The third kappa shape index (κ3) is 13.3. The van der Waals surface area contributed by atoms with Crippen LogP contribution in [-0.2, 0) is 23.9 Å². The van der Waals surface area contributed by atoms with Crippen LogP contribution in [0, 0.1) is 11.3 Å². The zero-order valence-electron chi connectivity index (χ0n) is 18.5. The van der Waals surface area contributed by atoms with Crippen LogP contribution >= 0.6 is 31.5 Å². The number of ether oxygens (including phenoxy) is 1. The maximum absolute atomic E-state index is 11.4. The lowest BCUT2D eigenvalue weighted by Gasteiger charge is -2.32. The van der Waals surface area contributed by atoms with Gasteiger partial charge in [0.1, 0.15) is 6.61 Å². The van der Waals surface area contributed by atoms with Crippen molar-refractivity contribution in [2.24, 2.45) is 0 Å². The number of halogens is 1. The molecule has 0 amide bonds. The summed E-state index contributed by atoms with van der Waals surface area (Å²) in [6, 6.07) is 3.76. The van der Waals surface area contributed by atoms with Crippen LogP contribution in [0.5, 0.6) is 0 Å². The fourth-order valence-electron chi connectivity index (χ4n) is 2.51. The number of hydrogen-bond acceptors (Lipinski definition) is 9. The van der Waals surface area contributed by atoms with Gasteiger partial charge in [0.05, 0.1) is 25.2 Å². The Kier molecular flexibility index (Phi) is 17.1. The molecular formula is C18H32IN4O7P. The Morgan fingerprint density at radius 3 is 2.45 bits per heavy atom. The average Bonchev–Trinajstić information content (AvgIpc) is 2.69. The highest BCUT2D eigenvalue weighted by Gasteiger charge is 2.23. The molecule has 31 heavy (non-hydrogen) atoms. The summed E-state index contributed by atoms with van der Waals surface area (Å²) >= 11 is 1.61. The molecule has 1 aromatic heterocycles. The van der Waals surface area contributed by atoms with Gasteiger partial charge in [0.2, 0.25) is 0 Å². The Morgan fingerprint density at radius 2 is 1.97 bits per heavy atom. The zero-order valence-corrected chi connectivity index (χ0v) is 21.5. The van der Waals surface area contributed by atoms with Crippen LogP contribution in [0.4, 0.5) is 0 Å². The number of aromatic amines is 1. The topological polar surface area (TPSA) is 139 Å². The number of hydrogen-bond donors (Lipinski definition) is 2. The summed E-state index contributed by atoms with van der Waals surface area (Å²) in [6.45, 7) is 9.06. The van der Waals surface area contributed by atoms with Crippen molar-refractivity contribution in [2.75, 3.05) is 20.3 Å². The SMILES string of the molecule is CC(C)N(C(C)C)P(O)OCCC#N.COC(CCn1ccc(=O)[nH]c1=O)COOI. The van der Waals surface area contributed by atoms with Crippen LogP contribution in [0.3, 0.4) is 0 Å². The van der Waals surface area contributed by atoms with Crippen molar-refractivity contribution in [1.29, 1.82) is 5.26 Å². The molecule has 2 unspecified atom stereocenters. The van der Waals surface area contributed by atoms with Crippen molar-refractivity contribution in [3.05, 3.63) is 33.1 Å². The van der Waals surface area contributed by atoms with E-state index in [-0.39, 0.29) is 24.8 Å². The second-order valence-corrected chi connectivity index (χ2v) is 8.44. The normalized spacial score (nSPS) is 13.1. The summed E-state index contributed by atoms with van der Waals surface area (Å²) < 4.78 is 18.1. The fraction of sp³-hybridized carbons (Fsp3) is 0.722. The van der Waals surface area contributed by atoms with Crippen LogP contribution in [-0.4, -0.2) is 57.6 Å². The van der Waals surface area contributed by atoms with Crippen LogP contribution in [0.2, 0.25) is 0 Å². The third-order valence-corrected chi connectivity index (χ3v) is 5.88. The van der Waals surface area contributed by atoms with Gasteiger partial charge < -0.3 is 18.7 Å². The van der Waals surface area contributed by atoms with E-state index in [2.05, 4.69) is 8.20 Å². The van der Waals surface area contributed by atoms with Gasteiger partial charge >= 0.3 is 5.69 Å². The van der Waals surface area contributed by atoms with E-state index in [0.717, 1.165) is 0 Å². The van der Waals surface area contributed by atoms with Gasteiger partial charge in [0.15, 0.2) is 23.0 Å². The zero-order chi connectivity index (χ0) is 23.8. The van der Waals surface area contributed by atoms with Gasteiger partial charge in [0, 0.05) is 38.0 Å². The lowest BCUT2D eigenvalue weighted by molar-refractivity contribution is -0.191. The maximum atomic E-state index is 11.4. The highest BCUT2D eigenvalue weighted by molar-refractivity contribution is 14.1. The van der Waals surface area contributed by atoms with E-state index in [9.17, 15) is 14.5 Å². The largest absolute Gasteiger partial charge is 0.379 e. The first-order chi connectivity index (χ1) is 14.7. The molecule has 178 valence electrons. The van der Waals surface area contributed by atoms with Gasteiger partial charge in [-0.15, -0.1) is 0 Å². The first kappa shape index (κ1) is 30.1. The molecule has 1 rings (SSSR count). The average molecular weight is 574 g/mol. The number of aryl methyl sites for hydroxylation is 1. The van der Waals surface area contributed by atoms with Gasteiger partial charge in [0.25, 0.3) is 14.1 Å². The summed E-state index contributed by atoms with van der Waals surface area (Å²) in [7, 11) is 0.000160. The van der Waals surface area contributed by atoms with Crippen molar-refractivity contribution in [2.45, 2.75) is 65.3 Å². The number of H-pyrrole nitrogens is 1. The van der Waals surface area contributed by atoms with Crippen LogP contribution in [0.1, 0.15) is 40.5 Å². The molecule has 1 heterocycles. The Morgan fingerprint density at radius 1 is 1.32 bits per heavy atom. The van der Waals surface area contributed by atoms with Gasteiger partial charge in [-0.1, -0.05) is 0 Å². The van der Waals surface area contributed by atoms with Crippen molar-refractivity contribution in [3.8, 4) is 6.07 Å². The molecule has 0 spiro atoms. The Balaban J connectivity index is 0.000000594. The van der Waals surface area contributed by atoms with Gasteiger partial charge in [-0.25, -0.2) is 14.4 Å². The molecule has 2 N–H and O–H groups in total. The van der Waals surface area contributed by atoms with Gasteiger partial charge in [-0.05, 0) is 34.1 Å². The van der Waals surface area contributed by atoms with Crippen molar-refractivity contribution >= 4 is 31.5 Å². The number of nitrogens with zero attached hydrogens (tertiary/aromatic N) is 3. The Bertz CT molecular complexity index is 745. The minimum atomic E-state index is -1.55. The lowest BCUT2D eigenvalue weighted by Crippen LogP contribution is -2.32. The number of methoxy groups -OCH3 is 1. The Labute approximate surface area is 197 Å². The third-order valence-electron chi connectivity index (χ3n) is 3.90. The molecule has 0 bridgehead atoms. The number of rotatable bonds is 13. The van der Waals surface area contributed by atoms with Crippen molar-refractivity contribution in [3.63, 3.8) is 0 Å². The minimum absolute atomic E-state index is 0.177. The molecule has 0 aliphatic carbocycles. The van der Waals surface area contributed by atoms with Crippen LogP contribution < -0.4 is 11.2 Å². The number of nitrogens with one attached hydrogen (secondary N) is 1. The summed E-state index contributed by atoms with van der Waals surface area (Å²) in [5.74, 6) is 0. The minimum Gasteiger partial charge on any atom is -0.379 e. The summed E-state index contributed by atoms with van der Waals surface area (Å²) in [5.41, 5.74) is -0.838. The fourth-order valence-corrected chi connectivity index (χ4v) is 3.83. The smallest absolute Gasteiger partial charge is 0.328 e. The molecule has 11 nitrogen and oxygen atoms in total. The van der Waals surface area contributed by atoms with Crippen molar-refractivity contribution in [1.82, 2.24) is 14.2 Å². The maximum Gasteiger partial charge on any atom is 0.328 e. The summed E-state index contributed by atoms with van der Waals surface area (Å²) in [4.78, 5) is 38.9. The highest BCUT2D eigenvalue weighted by Crippen LogP contribution is 2.40. The van der Waals surface area contributed by atoms with E-state index in [1.165, 1.54) is 16.8 Å². The first-order valence-electron chi connectivity index (χ1n) is 9.67. The summed E-state index contributed by atoms with van der Waals surface area (Å²) in [5, 5.41) is 8.32. The molecule has 0 aliphatic heterocycles. The first-order valence-corrected chi connectivity index (χ1v) is 11.7. The van der Waals surface area contributed by atoms with E-state index in [1.54, 1.807) is 30.1 Å². The van der Waals surface area contributed by atoms with E-state index in [1.807, 2.05) is 38.4 Å². The molecule has 1 aromatic rings. The molecule has 2 atom stereocenters. The molecule has 13 heteroatoms. The molecule has 0 fully saturated rings. The molecule has 0 aromatic carbocycles. The number of aromatic nitrogens is 2. The quantitative estimate of drug-likeness (QED) is 0.120. The molecule has 0 radical (unpaired) electrons. The second kappa shape index (κ2) is 17.6. The van der Waals surface area contributed by atoms with E-state index >= 15 is 0 Å². The predicted octanol–water partition coefficient (Wildman–Crippen LogP) is 2.49. The molecular weight excluding hydrogens is 542 g/mol. The van der Waals surface area contributed by atoms with E-state index in [0.29, 0.717) is 26.0 Å². The van der Waals surface area contributed by atoms with Crippen molar-refractivity contribution < 1.29 is 22.3 Å². The van der Waals surface area contributed by atoms with Gasteiger partial charge in [-0.3, -0.25) is 9.78 Å². The second-order valence-electron chi connectivity index (χ2n) is 6.86. The monoisotopic (exact) mass is 574 g/mol. The molecule has 0 saturated carbocycles. The molecule has 0 saturated heterocycles. The number of nitriles is 1. The van der Waals surface area contributed by atoms with E-state index in [4.69, 9.17) is 19.4 Å². The van der Waals surface area contributed by atoms with Crippen LogP contribution in [0.25, 0.3) is 0 Å². The Hall–Kier alpha value is -0.910. The standard InChI is InChI=1S/C9H13IN2O5.C9H19N2O2P/c1-15-7(6-16-17-10)2-4-12-5-3-8(13)11-9(12)14;1-8(2)11(9(3)4)14(12)13-7-5-6-10/h3,5,7H,2,4,6H2,1H3,(H,11,13,14);8-9,12H,5,7H2,1-4H3. The van der Waals surface area contributed by atoms with Crippen LogP contribution in [0.15, 0.2) is 21.9 Å². The van der Waals surface area contributed by atoms with Gasteiger partial charge in [-0.2, -0.15) is 8.48 Å².